The maximum atomic E-state index is 11.5. The Labute approximate surface area is 92.5 Å². The van der Waals surface area contributed by atoms with Gasteiger partial charge in [-0.05, 0) is 19.1 Å². The second-order valence-electron chi connectivity index (χ2n) is 2.93. The predicted octanol–water partition coefficient (Wildman–Crippen LogP) is 2.33. The molecule has 0 saturated carbocycles. The highest BCUT2D eigenvalue weighted by Gasteiger charge is 2.06. The van der Waals surface area contributed by atoms with Gasteiger partial charge in [-0.1, -0.05) is 0 Å². The van der Waals surface area contributed by atoms with E-state index in [-0.39, 0.29) is 11.5 Å². The van der Waals surface area contributed by atoms with Crippen molar-refractivity contribution >= 4 is 11.5 Å². The van der Waals surface area contributed by atoms with Crippen LogP contribution in [0.25, 0.3) is 0 Å². The molecule has 0 spiro atoms. The highest BCUT2D eigenvalue weighted by molar-refractivity contribution is 6.04. The van der Waals surface area contributed by atoms with Crippen molar-refractivity contribution in [2.24, 2.45) is 0 Å². The predicted molar refractivity (Wildman–Crippen MR) is 58.2 cm³/mol. The fourth-order valence-corrected chi connectivity index (χ4v) is 1.05. The first-order valence-electron chi connectivity index (χ1n) is 4.72. The summed E-state index contributed by atoms with van der Waals surface area (Å²) < 4.78 is 4.88. The topological polar surface area (TPSA) is 69.4 Å². The third-order valence-electron chi connectivity index (χ3n) is 1.84. The number of hydrogen-bond donors (Lipinski definition) is 0. The number of carbonyl (C=O) groups excluding carboxylic acids is 1. The van der Waals surface area contributed by atoms with Crippen molar-refractivity contribution in [1.29, 1.82) is 0 Å². The van der Waals surface area contributed by atoms with Crippen LogP contribution in [0.2, 0.25) is 0 Å². The van der Waals surface area contributed by atoms with E-state index >= 15 is 0 Å². The SMILES string of the molecule is CCO/C=C/C(=O)c1ccc([N+](=O)[O-])cc1. The minimum absolute atomic E-state index is 0.0367. The van der Waals surface area contributed by atoms with Gasteiger partial charge in [0.2, 0.25) is 0 Å². The third-order valence-corrected chi connectivity index (χ3v) is 1.84. The van der Waals surface area contributed by atoms with Crippen molar-refractivity contribution in [2.45, 2.75) is 6.92 Å². The van der Waals surface area contributed by atoms with Gasteiger partial charge >= 0.3 is 0 Å². The van der Waals surface area contributed by atoms with Crippen molar-refractivity contribution in [2.75, 3.05) is 6.61 Å². The first-order valence-corrected chi connectivity index (χ1v) is 4.72. The summed E-state index contributed by atoms with van der Waals surface area (Å²) in [7, 11) is 0. The van der Waals surface area contributed by atoms with Gasteiger partial charge in [0.05, 0.1) is 17.8 Å². The molecule has 5 heteroatoms. The maximum Gasteiger partial charge on any atom is 0.269 e. The van der Waals surface area contributed by atoms with Crippen LogP contribution in [0.1, 0.15) is 17.3 Å². The quantitative estimate of drug-likeness (QED) is 0.251. The van der Waals surface area contributed by atoms with Crippen molar-refractivity contribution < 1.29 is 14.5 Å². The molecule has 0 bridgehead atoms. The summed E-state index contributed by atoms with van der Waals surface area (Å²) in [6, 6.07) is 5.41. The van der Waals surface area contributed by atoms with Crippen LogP contribution in [0.4, 0.5) is 5.69 Å². The number of ether oxygens (including phenoxy) is 1. The van der Waals surface area contributed by atoms with Gasteiger partial charge in [-0.15, -0.1) is 0 Å². The first-order chi connectivity index (χ1) is 7.65. The Bertz CT molecular complexity index is 408. The minimum atomic E-state index is -0.510. The lowest BCUT2D eigenvalue weighted by atomic mass is 10.1. The Morgan fingerprint density at radius 3 is 2.56 bits per heavy atom. The van der Waals surface area contributed by atoms with Gasteiger partial charge in [0.15, 0.2) is 5.78 Å². The summed E-state index contributed by atoms with van der Waals surface area (Å²) >= 11 is 0. The van der Waals surface area contributed by atoms with E-state index in [0.29, 0.717) is 12.2 Å². The summed E-state index contributed by atoms with van der Waals surface area (Å²) in [5, 5.41) is 10.4. The lowest BCUT2D eigenvalue weighted by molar-refractivity contribution is -0.384. The number of nitro groups is 1. The molecule has 1 aromatic rings. The molecule has 0 aromatic heterocycles. The Kier molecular flexibility index (Phi) is 4.20. The van der Waals surface area contributed by atoms with Gasteiger partial charge in [0.1, 0.15) is 0 Å². The van der Waals surface area contributed by atoms with Gasteiger partial charge in [-0.3, -0.25) is 14.9 Å². The van der Waals surface area contributed by atoms with Crippen LogP contribution in [0.3, 0.4) is 0 Å². The molecule has 5 nitrogen and oxygen atoms in total. The fraction of sp³-hybridized carbons (Fsp3) is 0.182. The molecule has 84 valence electrons. The standard InChI is InChI=1S/C11H11NO4/c1-2-16-8-7-11(13)9-3-5-10(6-4-9)12(14)15/h3-8H,2H2,1H3/b8-7+. The third kappa shape index (κ3) is 3.20. The van der Waals surface area contributed by atoms with Crippen LogP contribution < -0.4 is 0 Å². The van der Waals surface area contributed by atoms with Crippen LogP contribution in [-0.2, 0) is 4.74 Å². The van der Waals surface area contributed by atoms with Gasteiger partial charge < -0.3 is 4.74 Å². The zero-order valence-corrected chi connectivity index (χ0v) is 8.75. The number of benzene rings is 1. The van der Waals surface area contributed by atoms with Crippen molar-refractivity contribution in [1.82, 2.24) is 0 Å². The molecule has 1 rings (SSSR count). The van der Waals surface area contributed by atoms with Gasteiger partial charge in [0.25, 0.3) is 5.69 Å². The van der Waals surface area contributed by atoms with Gasteiger partial charge in [0, 0.05) is 23.8 Å². The maximum absolute atomic E-state index is 11.5. The molecule has 0 atom stereocenters. The Morgan fingerprint density at radius 2 is 2.06 bits per heavy atom. The fourth-order valence-electron chi connectivity index (χ4n) is 1.05. The highest BCUT2D eigenvalue weighted by atomic mass is 16.6. The van der Waals surface area contributed by atoms with E-state index < -0.39 is 4.92 Å². The molecule has 0 saturated heterocycles. The number of carbonyl (C=O) groups is 1. The molecule has 0 N–H and O–H groups in total. The van der Waals surface area contributed by atoms with Gasteiger partial charge in [-0.2, -0.15) is 0 Å². The molecule has 0 aliphatic rings. The van der Waals surface area contributed by atoms with E-state index in [1.54, 1.807) is 6.92 Å². The molecule has 1 aromatic carbocycles. The van der Waals surface area contributed by atoms with Crippen LogP contribution in [-0.4, -0.2) is 17.3 Å². The van der Waals surface area contributed by atoms with E-state index in [9.17, 15) is 14.9 Å². The van der Waals surface area contributed by atoms with E-state index in [1.807, 2.05) is 0 Å². The smallest absolute Gasteiger partial charge is 0.269 e. The van der Waals surface area contributed by atoms with E-state index in [4.69, 9.17) is 4.74 Å². The zero-order valence-electron chi connectivity index (χ0n) is 8.75. The Hall–Kier alpha value is -2.17. The van der Waals surface area contributed by atoms with Crippen molar-refractivity contribution in [3.8, 4) is 0 Å². The van der Waals surface area contributed by atoms with Crippen LogP contribution in [0.5, 0.6) is 0 Å². The lowest BCUT2D eigenvalue weighted by Gasteiger charge is -1.96. The van der Waals surface area contributed by atoms with E-state index in [2.05, 4.69) is 0 Å². The Balaban J connectivity index is 2.74. The first kappa shape index (κ1) is 11.9. The zero-order chi connectivity index (χ0) is 12.0. The molecule has 0 amide bonds. The lowest BCUT2D eigenvalue weighted by Crippen LogP contribution is -1.95. The summed E-state index contributed by atoms with van der Waals surface area (Å²) in [4.78, 5) is 21.3. The number of hydrogen-bond acceptors (Lipinski definition) is 4. The van der Waals surface area contributed by atoms with Crippen molar-refractivity contribution in [3.63, 3.8) is 0 Å². The van der Waals surface area contributed by atoms with Crippen molar-refractivity contribution in [3.05, 3.63) is 52.3 Å². The van der Waals surface area contributed by atoms with Crippen LogP contribution in [0.15, 0.2) is 36.6 Å². The molecule has 0 fully saturated rings. The summed E-state index contributed by atoms with van der Waals surface area (Å²) in [5.74, 6) is -0.247. The molecule has 16 heavy (non-hydrogen) atoms. The normalized spacial score (nSPS) is 10.3. The number of nitrogens with zero attached hydrogens (tertiary/aromatic N) is 1. The second kappa shape index (κ2) is 5.65. The number of non-ortho nitro benzene ring substituents is 1. The Morgan fingerprint density at radius 1 is 1.44 bits per heavy atom. The molecule has 0 unspecified atom stereocenters. The summed E-state index contributed by atoms with van der Waals surface area (Å²) in [5.41, 5.74) is 0.354. The minimum Gasteiger partial charge on any atom is -0.501 e. The second-order valence-corrected chi connectivity index (χ2v) is 2.93. The van der Waals surface area contributed by atoms with E-state index in [0.717, 1.165) is 0 Å². The summed E-state index contributed by atoms with van der Waals surface area (Å²) in [6.07, 6.45) is 2.59. The number of ketones is 1. The molecular weight excluding hydrogens is 210 g/mol. The monoisotopic (exact) mass is 221 g/mol. The average Bonchev–Trinajstić information content (AvgIpc) is 2.29. The molecule has 0 radical (unpaired) electrons. The number of allylic oxidation sites excluding steroid dienone is 1. The molecule has 0 aliphatic heterocycles. The van der Waals surface area contributed by atoms with Crippen LogP contribution in [0, 0.1) is 10.1 Å². The van der Waals surface area contributed by atoms with Gasteiger partial charge in [-0.25, -0.2) is 0 Å². The van der Waals surface area contributed by atoms with Crippen LogP contribution >= 0.6 is 0 Å². The molecule has 0 aliphatic carbocycles. The average molecular weight is 221 g/mol. The number of rotatable bonds is 5. The molecular formula is C11H11NO4. The highest BCUT2D eigenvalue weighted by Crippen LogP contribution is 2.12. The van der Waals surface area contributed by atoms with E-state index in [1.165, 1.54) is 36.6 Å². The molecule has 0 heterocycles. The summed E-state index contributed by atoms with van der Waals surface area (Å²) in [6.45, 7) is 2.30. The number of nitro benzene ring substituents is 1. The largest absolute Gasteiger partial charge is 0.501 e.